The van der Waals surface area contributed by atoms with E-state index in [2.05, 4.69) is 9.88 Å². The summed E-state index contributed by atoms with van der Waals surface area (Å²) in [5.41, 5.74) is -1.76. The van der Waals surface area contributed by atoms with Gasteiger partial charge >= 0.3 is 11.7 Å². The number of nitrogens with one attached hydrogen (secondary N) is 1. The van der Waals surface area contributed by atoms with Crippen molar-refractivity contribution in [2.24, 2.45) is 0 Å². The van der Waals surface area contributed by atoms with Crippen LogP contribution in [0.5, 0.6) is 0 Å². The molecule has 1 unspecified atom stereocenters. The van der Waals surface area contributed by atoms with E-state index in [0.717, 1.165) is 19.5 Å². The van der Waals surface area contributed by atoms with E-state index in [1.54, 1.807) is 0 Å². The first kappa shape index (κ1) is 12.2. The molecule has 1 aliphatic heterocycles. The molecule has 2 N–H and O–H groups in total. The molecular weight excluding hydrogens is 250 g/mol. The molecule has 1 aromatic heterocycles. The molecule has 2 fully saturated rings. The predicted octanol–water partition coefficient (Wildman–Crippen LogP) is -0.356. The summed E-state index contributed by atoms with van der Waals surface area (Å²) in [6.45, 7) is 1.67. The molecule has 0 aromatic carbocycles. The van der Waals surface area contributed by atoms with Crippen molar-refractivity contribution in [2.75, 3.05) is 13.1 Å². The zero-order valence-electron chi connectivity index (χ0n) is 10.3. The summed E-state index contributed by atoms with van der Waals surface area (Å²) in [4.78, 5) is 38.5. The van der Waals surface area contributed by atoms with Gasteiger partial charge in [0.2, 0.25) is 0 Å². The number of aromatic carboxylic acids is 1. The summed E-state index contributed by atoms with van der Waals surface area (Å²) in [5.74, 6) is -1.31. The quantitative estimate of drug-likeness (QED) is 0.778. The van der Waals surface area contributed by atoms with Gasteiger partial charge in [0, 0.05) is 25.3 Å². The van der Waals surface area contributed by atoms with Gasteiger partial charge in [-0.3, -0.25) is 19.2 Å². The molecule has 7 nitrogen and oxygen atoms in total. The number of H-pyrrole nitrogens is 1. The number of aromatic nitrogens is 2. The lowest BCUT2D eigenvalue weighted by molar-refractivity contribution is 0.0693. The molecule has 19 heavy (non-hydrogen) atoms. The molecular formula is C12H15N3O4. The number of hydrogen-bond acceptors (Lipinski definition) is 4. The Morgan fingerprint density at radius 2 is 2.00 bits per heavy atom. The SMILES string of the molecule is O=C(O)c1cn(C2CCN(C3CC3)C2)c(=O)[nH]c1=O. The number of rotatable bonds is 3. The van der Waals surface area contributed by atoms with Gasteiger partial charge in [-0.2, -0.15) is 0 Å². The van der Waals surface area contributed by atoms with Crippen molar-refractivity contribution in [1.82, 2.24) is 14.5 Å². The molecule has 7 heteroatoms. The Bertz CT molecular complexity index is 629. The number of nitrogens with zero attached hydrogens (tertiary/aromatic N) is 2. The number of carboxylic acids is 1. The molecule has 0 radical (unpaired) electrons. The van der Waals surface area contributed by atoms with E-state index in [4.69, 9.17) is 5.11 Å². The second kappa shape index (κ2) is 4.34. The van der Waals surface area contributed by atoms with Crippen molar-refractivity contribution in [3.63, 3.8) is 0 Å². The maximum atomic E-state index is 11.8. The Labute approximate surface area is 108 Å². The van der Waals surface area contributed by atoms with Crippen LogP contribution in [0.2, 0.25) is 0 Å². The van der Waals surface area contributed by atoms with Gasteiger partial charge in [-0.15, -0.1) is 0 Å². The van der Waals surface area contributed by atoms with Crippen molar-refractivity contribution in [3.05, 3.63) is 32.6 Å². The van der Waals surface area contributed by atoms with E-state index in [0.29, 0.717) is 6.04 Å². The van der Waals surface area contributed by atoms with Crippen LogP contribution < -0.4 is 11.2 Å². The first-order valence-electron chi connectivity index (χ1n) is 6.39. The van der Waals surface area contributed by atoms with E-state index >= 15 is 0 Å². The Morgan fingerprint density at radius 1 is 1.26 bits per heavy atom. The number of aromatic amines is 1. The second-order valence-corrected chi connectivity index (χ2v) is 5.18. The molecule has 3 rings (SSSR count). The van der Waals surface area contributed by atoms with Crippen LogP contribution in [0.4, 0.5) is 0 Å². The molecule has 1 saturated heterocycles. The Hall–Kier alpha value is -1.89. The van der Waals surface area contributed by atoms with Gasteiger partial charge in [-0.1, -0.05) is 0 Å². The fourth-order valence-electron chi connectivity index (χ4n) is 2.68. The summed E-state index contributed by atoms with van der Waals surface area (Å²) in [5, 5.41) is 8.93. The number of carbonyl (C=O) groups is 1. The van der Waals surface area contributed by atoms with Crippen LogP contribution in [0.1, 0.15) is 35.7 Å². The highest BCUT2D eigenvalue weighted by Crippen LogP contribution is 2.32. The van der Waals surface area contributed by atoms with E-state index in [-0.39, 0.29) is 11.6 Å². The molecule has 0 amide bonds. The highest BCUT2D eigenvalue weighted by Gasteiger charge is 2.35. The fraction of sp³-hybridized carbons (Fsp3) is 0.583. The largest absolute Gasteiger partial charge is 0.477 e. The van der Waals surface area contributed by atoms with Crippen LogP contribution in [0.15, 0.2) is 15.8 Å². The van der Waals surface area contributed by atoms with Crippen molar-refractivity contribution < 1.29 is 9.90 Å². The van der Waals surface area contributed by atoms with E-state index in [1.807, 2.05) is 0 Å². The third-order valence-electron chi connectivity index (χ3n) is 3.85. The smallest absolute Gasteiger partial charge is 0.342 e. The van der Waals surface area contributed by atoms with Crippen LogP contribution in [-0.2, 0) is 0 Å². The topological polar surface area (TPSA) is 95.4 Å². The van der Waals surface area contributed by atoms with Gasteiger partial charge in [-0.05, 0) is 19.3 Å². The van der Waals surface area contributed by atoms with Crippen molar-refractivity contribution in [1.29, 1.82) is 0 Å². The third kappa shape index (κ3) is 2.21. The molecule has 2 heterocycles. The van der Waals surface area contributed by atoms with Crippen molar-refractivity contribution in [3.8, 4) is 0 Å². The van der Waals surface area contributed by atoms with Crippen LogP contribution in [0.3, 0.4) is 0 Å². The Balaban J connectivity index is 1.92. The summed E-state index contributed by atoms with van der Waals surface area (Å²) in [6.07, 6.45) is 4.38. The first-order valence-corrected chi connectivity index (χ1v) is 6.39. The molecule has 2 aliphatic rings. The fourth-order valence-corrected chi connectivity index (χ4v) is 2.68. The van der Waals surface area contributed by atoms with Gasteiger partial charge < -0.3 is 5.11 Å². The van der Waals surface area contributed by atoms with Crippen LogP contribution in [0.25, 0.3) is 0 Å². The minimum atomic E-state index is -1.31. The third-order valence-corrected chi connectivity index (χ3v) is 3.85. The summed E-state index contributed by atoms with van der Waals surface area (Å²) in [7, 11) is 0. The lowest BCUT2D eigenvalue weighted by Crippen LogP contribution is -2.36. The molecule has 102 valence electrons. The molecule has 1 atom stereocenters. The Morgan fingerprint density at radius 3 is 2.63 bits per heavy atom. The normalized spacial score (nSPS) is 23.7. The Kier molecular flexibility index (Phi) is 2.78. The lowest BCUT2D eigenvalue weighted by Gasteiger charge is -2.16. The number of hydrogen-bond donors (Lipinski definition) is 2. The first-order chi connectivity index (χ1) is 9.06. The van der Waals surface area contributed by atoms with Crippen LogP contribution >= 0.6 is 0 Å². The average Bonchev–Trinajstić information content (AvgIpc) is 3.08. The standard InChI is InChI=1S/C12H15N3O4/c16-10-9(11(17)18)6-15(12(19)13-10)8-3-4-14(5-8)7-1-2-7/h6-8H,1-5H2,(H,17,18)(H,13,16,19). The minimum Gasteiger partial charge on any atom is -0.477 e. The summed E-state index contributed by atoms with van der Waals surface area (Å²) >= 11 is 0. The van der Waals surface area contributed by atoms with Crippen molar-refractivity contribution in [2.45, 2.75) is 31.3 Å². The lowest BCUT2D eigenvalue weighted by atomic mass is 10.2. The zero-order valence-corrected chi connectivity index (χ0v) is 10.3. The number of likely N-dealkylation sites (tertiary alicyclic amines) is 1. The summed E-state index contributed by atoms with van der Waals surface area (Å²) < 4.78 is 1.35. The van der Waals surface area contributed by atoms with E-state index < -0.39 is 17.2 Å². The molecule has 1 aliphatic carbocycles. The highest BCUT2D eigenvalue weighted by molar-refractivity contribution is 5.86. The molecule has 1 aromatic rings. The van der Waals surface area contributed by atoms with Gasteiger partial charge in [0.15, 0.2) is 0 Å². The maximum absolute atomic E-state index is 11.8. The number of carboxylic acid groups (broad SMARTS) is 1. The molecule has 0 spiro atoms. The predicted molar refractivity (Wildman–Crippen MR) is 66.5 cm³/mol. The monoisotopic (exact) mass is 265 g/mol. The van der Waals surface area contributed by atoms with Gasteiger partial charge in [-0.25, -0.2) is 9.59 Å². The molecule has 1 saturated carbocycles. The van der Waals surface area contributed by atoms with Crippen LogP contribution in [0, 0.1) is 0 Å². The second-order valence-electron chi connectivity index (χ2n) is 5.18. The average molecular weight is 265 g/mol. The van der Waals surface area contributed by atoms with Gasteiger partial charge in [0.05, 0.1) is 6.04 Å². The maximum Gasteiger partial charge on any atom is 0.342 e. The van der Waals surface area contributed by atoms with Crippen molar-refractivity contribution >= 4 is 5.97 Å². The minimum absolute atomic E-state index is 0.0527. The van der Waals surface area contributed by atoms with Crippen LogP contribution in [-0.4, -0.2) is 44.7 Å². The summed E-state index contributed by atoms with van der Waals surface area (Å²) in [6, 6.07) is 0.574. The highest BCUT2D eigenvalue weighted by atomic mass is 16.4. The van der Waals surface area contributed by atoms with E-state index in [1.165, 1.54) is 23.6 Å². The van der Waals surface area contributed by atoms with E-state index in [9.17, 15) is 14.4 Å². The molecule has 0 bridgehead atoms. The van der Waals surface area contributed by atoms with Gasteiger partial charge in [0.25, 0.3) is 5.56 Å². The van der Waals surface area contributed by atoms with Gasteiger partial charge in [0.1, 0.15) is 5.56 Å². The zero-order chi connectivity index (χ0) is 13.6.